The molecule has 5 nitrogen and oxygen atoms in total. The van der Waals surface area contributed by atoms with Gasteiger partial charge in [0.15, 0.2) is 0 Å². The lowest BCUT2D eigenvalue weighted by molar-refractivity contribution is 0.162. The maximum absolute atomic E-state index is 12.0. The molecule has 0 saturated heterocycles. The Morgan fingerprint density at radius 3 is 2.47 bits per heavy atom. The topological polar surface area (TPSA) is 72.6 Å². The fraction of sp³-hybridized carbons (Fsp3) is 0.538. The number of sulfonamides is 1. The summed E-state index contributed by atoms with van der Waals surface area (Å²) in [6.07, 6.45) is 0. The van der Waals surface area contributed by atoms with Crippen LogP contribution in [-0.2, 0) is 27.8 Å². The Labute approximate surface area is 115 Å². The molecule has 108 valence electrons. The SMILES string of the molecule is CCOCCS(=O)(=O)N(C)Cc1ccccc1CN. The van der Waals surface area contributed by atoms with Gasteiger partial charge in [-0.1, -0.05) is 24.3 Å². The molecule has 0 aliphatic heterocycles. The number of hydrogen-bond acceptors (Lipinski definition) is 4. The fourth-order valence-electron chi connectivity index (χ4n) is 1.71. The van der Waals surface area contributed by atoms with E-state index in [1.807, 2.05) is 31.2 Å². The summed E-state index contributed by atoms with van der Waals surface area (Å²) in [7, 11) is -1.71. The van der Waals surface area contributed by atoms with Crippen molar-refractivity contribution in [2.24, 2.45) is 5.73 Å². The standard InChI is InChI=1S/C13H22N2O3S/c1-3-18-8-9-19(16,17)15(2)11-13-7-5-4-6-12(13)10-14/h4-7H,3,8-11,14H2,1-2H3. The van der Waals surface area contributed by atoms with Crippen LogP contribution in [0.1, 0.15) is 18.1 Å². The molecular formula is C13H22N2O3S. The normalized spacial score (nSPS) is 12.0. The summed E-state index contributed by atoms with van der Waals surface area (Å²) in [6, 6.07) is 7.59. The van der Waals surface area contributed by atoms with E-state index in [0.29, 0.717) is 19.7 Å². The zero-order valence-electron chi connectivity index (χ0n) is 11.5. The van der Waals surface area contributed by atoms with Crippen LogP contribution in [-0.4, -0.2) is 38.7 Å². The molecule has 1 aromatic carbocycles. The van der Waals surface area contributed by atoms with Crippen molar-refractivity contribution in [1.29, 1.82) is 0 Å². The minimum atomic E-state index is -3.29. The molecule has 1 rings (SSSR count). The van der Waals surface area contributed by atoms with Crippen LogP contribution in [0.4, 0.5) is 0 Å². The van der Waals surface area contributed by atoms with Crippen LogP contribution in [0.5, 0.6) is 0 Å². The van der Waals surface area contributed by atoms with E-state index in [9.17, 15) is 8.42 Å². The molecule has 0 saturated carbocycles. The Morgan fingerprint density at radius 2 is 1.89 bits per heavy atom. The van der Waals surface area contributed by atoms with Crippen molar-refractivity contribution in [3.63, 3.8) is 0 Å². The van der Waals surface area contributed by atoms with Gasteiger partial charge in [-0.25, -0.2) is 12.7 Å². The van der Waals surface area contributed by atoms with Gasteiger partial charge in [-0.15, -0.1) is 0 Å². The van der Waals surface area contributed by atoms with Crippen molar-refractivity contribution in [2.45, 2.75) is 20.0 Å². The van der Waals surface area contributed by atoms with Gasteiger partial charge >= 0.3 is 0 Å². The number of ether oxygens (including phenoxy) is 1. The quantitative estimate of drug-likeness (QED) is 0.722. The molecule has 0 bridgehead atoms. The lowest BCUT2D eigenvalue weighted by atomic mass is 10.1. The summed E-state index contributed by atoms with van der Waals surface area (Å²) < 4.78 is 30.5. The average Bonchev–Trinajstić information content (AvgIpc) is 2.39. The molecule has 2 N–H and O–H groups in total. The first-order valence-corrected chi connectivity index (χ1v) is 7.90. The van der Waals surface area contributed by atoms with Gasteiger partial charge in [-0.2, -0.15) is 0 Å². The van der Waals surface area contributed by atoms with Crippen LogP contribution in [0.25, 0.3) is 0 Å². The second-order valence-electron chi connectivity index (χ2n) is 4.24. The van der Waals surface area contributed by atoms with Crippen molar-refractivity contribution in [3.05, 3.63) is 35.4 Å². The molecule has 0 aliphatic carbocycles. The molecule has 0 aliphatic rings. The van der Waals surface area contributed by atoms with Crippen LogP contribution in [0.2, 0.25) is 0 Å². The maximum Gasteiger partial charge on any atom is 0.216 e. The van der Waals surface area contributed by atoms with Crippen LogP contribution in [0, 0.1) is 0 Å². The van der Waals surface area contributed by atoms with Gasteiger partial charge in [-0.3, -0.25) is 0 Å². The highest BCUT2D eigenvalue weighted by Gasteiger charge is 2.18. The third kappa shape index (κ3) is 4.91. The van der Waals surface area contributed by atoms with Crippen molar-refractivity contribution in [2.75, 3.05) is 26.0 Å². The Kier molecular flexibility index (Phi) is 6.44. The van der Waals surface area contributed by atoms with Crippen molar-refractivity contribution < 1.29 is 13.2 Å². The minimum absolute atomic E-state index is 0.00211. The second-order valence-corrected chi connectivity index (χ2v) is 6.44. The molecule has 0 unspecified atom stereocenters. The van der Waals surface area contributed by atoms with E-state index in [4.69, 9.17) is 10.5 Å². The first kappa shape index (κ1) is 16.1. The van der Waals surface area contributed by atoms with Gasteiger partial charge in [0.05, 0.1) is 12.4 Å². The smallest absolute Gasteiger partial charge is 0.216 e. The van der Waals surface area contributed by atoms with E-state index in [0.717, 1.165) is 11.1 Å². The van der Waals surface area contributed by atoms with Crippen molar-refractivity contribution in [3.8, 4) is 0 Å². The minimum Gasteiger partial charge on any atom is -0.381 e. The molecule has 0 atom stereocenters. The second kappa shape index (κ2) is 7.59. The highest BCUT2D eigenvalue weighted by Crippen LogP contribution is 2.12. The zero-order chi connectivity index (χ0) is 14.3. The summed E-state index contributed by atoms with van der Waals surface area (Å²) in [5.74, 6) is 0.00211. The fourth-order valence-corrected chi connectivity index (χ4v) is 2.69. The first-order chi connectivity index (χ1) is 9.01. The van der Waals surface area contributed by atoms with Crippen molar-refractivity contribution >= 4 is 10.0 Å². The summed E-state index contributed by atoms with van der Waals surface area (Å²) in [5.41, 5.74) is 7.55. The lowest BCUT2D eigenvalue weighted by Crippen LogP contribution is -2.31. The van der Waals surface area contributed by atoms with Crippen LogP contribution in [0.3, 0.4) is 0 Å². The molecular weight excluding hydrogens is 264 g/mol. The molecule has 0 radical (unpaired) electrons. The Morgan fingerprint density at radius 1 is 1.26 bits per heavy atom. The molecule has 1 aromatic rings. The van der Waals surface area contributed by atoms with Gasteiger partial charge in [0, 0.05) is 26.7 Å². The summed E-state index contributed by atoms with van der Waals surface area (Å²) >= 11 is 0. The molecule has 6 heteroatoms. The molecule has 0 fully saturated rings. The van der Waals surface area contributed by atoms with Crippen LogP contribution >= 0.6 is 0 Å². The molecule has 19 heavy (non-hydrogen) atoms. The number of rotatable bonds is 8. The predicted octanol–water partition coefficient (Wildman–Crippen LogP) is 0.943. The first-order valence-electron chi connectivity index (χ1n) is 6.30. The van der Waals surface area contributed by atoms with Gasteiger partial charge in [-0.05, 0) is 18.1 Å². The number of hydrogen-bond donors (Lipinski definition) is 1. The van der Waals surface area contributed by atoms with E-state index in [-0.39, 0.29) is 12.4 Å². The van der Waals surface area contributed by atoms with E-state index in [1.165, 1.54) is 4.31 Å². The highest BCUT2D eigenvalue weighted by atomic mass is 32.2. The molecule has 0 heterocycles. The summed E-state index contributed by atoms with van der Waals surface area (Å²) in [6.45, 7) is 3.33. The van der Waals surface area contributed by atoms with E-state index < -0.39 is 10.0 Å². The Bertz CT molecular complexity index is 488. The predicted molar refractivity (Wildman–Crippen MR) is 76.1 cm³/mol. The molecule has 0 amide bonds. The lowest BCUT2D eigenvalue weighted by Gasteiger charge is -2.18. The number of nitrogens with two attached hydrogens (primary N) is 1. The largest absolute Gasteiger partial charge is 0.381 e. The Hall–Kier alpha value is -0.950. The van der Waals surface area contributed by atoms with Gasteiger partial charge in [0.25, 0.3) is 0 Å². The average molecular weight is 286 g/mol. The Balaban J connectivity index is 2.70. The van der Waals surface area contributed by atoms with E-state index in [2.05, 4.69) is 0 Å². The summed E-state index contributed by atoms with van der Waals surface area (Å²) in [4.78, 5) is 0. The third-order valence-electron chi connectivity index (χ3n) is 2.90. The third-order valence-corrected chi connectivity index (χ3v) is 4.66. The van der Waals surface area contributed by atoms with Gasteiger partial charge in [0.1, 0.15) is 0 Å². The van der Waals surface area contributed by atoms with E-state index in [1.54, 1.807) is 7.05 Å². The number of nitrogens with zero attached hydrogens (tertiary/aromatic N) is 1. The van der Waals surface area contributed by atoms with Gasteiger partial charge in [0.2, 0.25) is 10.0 Å². The highest BCUT2D eigenvalue weighted by molar-refractivity contribution is 7.89. The van der Waals surface area contributed by atoms with Gasteiger partial charge < -0.3 is 10.5 Å². The molecule has 0 spiro atoms. The summed E-state index contributed by atoms with van der Waals surface area (Å²) in [5, 5.41) is 0. The van der Waals surface area contributed by atoms with Crippen molar-refractivity contribution in [1.82, 2.24) is 4.31 Å². The maximum atomic E-state index is 12.0. The van der Waals surface area contributed by atoms with Crippen LogP contribution in [0.15, 0.2) is 24.3 Å². The van der Waals surface area contributed by atoms with E-state index >= 15 is 0 Å². The van der Waals surface area contributed by atoms with Crippen LogP contribution < -0.4 is 5.73 Å². The number of benzene rings is 1. The monoisotopic (exact) mass is 286 g/mol. The zero-order valence-corrected chi connectivity index (χ0v) is 12.3. The molecule has 0 aromatic heterocycles.